The Hall–Kier alpha value is -1.59. The van der Waals surface area contributed by atoms with Crippen LogP contribution in [0.25, 0.3) is 0 Å². The molecule has 2 unspecified atom stereocenters. The third-order valence-corrected chi connectivity index (χ3v) is 3.21. The molecule has 0 aliphatic carbocycles. The zero-order chi connectivity index (χ0) is 15.5. The van der Waals surface area contributed by atoms with Gasteiger partial charge in [0, 0.05) is 13.0 Å². The van der Waals surface area contributed by atoms with Crippen molar-refractivity contribution in [2.75, 3.05) is 6.54 Å². The quantitative estimate of drug-likeness (QED) is 0.854. The molecule has 1 amide bonds. The summed E-state index contributed by atoms with van der Waals surface area (Å²) >= 11 is 0. The number of nitrogens with zero attached hydrogens (tertiary/aromatic N) is 1. The summed E-state index contributed by atoms with van der Waals surface area (Å²) in [5, 5.41) is 9.21. The molecule has 20 heavy (non-hydrogen) atoms. The molecular formula is C14H23NO5. The van der Waals surface area contributed by atoms with E-state index in [4.69, 9.17) is 4.74 Å². The van der Waals surface area contributed by atoms with Crippen LogP contribution in [-0.2, 0) is 14.3 Å². The van der Waals surface area contributed by atoms with Crippen molar-refractivity contribution in [2.24, 2.45) is 5.92 Å². The van der Waals surface area contributed by atoms with Crippen LogP contribution in [0.3, 0.4) is 0 Å². The summed E-state index contributed by atoms with van der Waals surface area (Å²) in [7, 11) is 0. The van der Waals surface area contributed by atoms with E-state index in [-0.39, 0.29) is 11.7 Å². The number of aliphatic carboxylic acids is 1. The average Bonchev–Trinajstić information content (AvgIpc) is 2.68. The second-order valence-corrected chi connectivity index (χ2v) is 6.33. The van der Waals surface area contributed by atoms with Crippen LogP contribution < -0.4 is 0 Å². The maximum absolute atomic E-state index is 12.0. The molecule has 1 aliphatic rings. The minimum Gasteiger partial charge on any atom is -0.480 e. The molecule has 1 aliphatic heterocycles. The molecule has 0 aromatic carbocycles. The van der Waals surface area contributed by atoms with Crippen LogP contribution in [0.4, 0.5) is 4.79 Å². The molecule has 6 heteroatoms. The van der Waals surface area contributed by atoms with Crippen molar-refractivity contribution in [1.29, 1.82) is 0 Å². The Balaban J connectivity index is 2.70. The lowest BCUT2D eigenvalue weighted by Crippen LogP contribution is -2.43. The van der Waals surface area contributed by atoms with Gasteiger partial charge in [0.05, 0.1) is 0 Å². The molecule has 0 saturated carbocycles. The van der Waals surface area contributed by atoms with Crippen LogP contribution in [-0.4, -0.2) is 46.0 Å². The molecule has 1 heterocycles. The lowest BCUT2D eigenvalue weighted by atomic mass is 9.99. The van der Waals surface area contributed by atoms with Crippen molar-refractivity contribution >= 4 is 17.8 Å². The summed E-state index contributed by atoms with van der Waals surface area (Å²) < 4.78 is 5.23. The van der Waals surface area contributed by atoms with Crippen molar-refractivity contribution in [2.45, 2.75) is 58.6 Å². The van der Waals surface area contributed by atoms with E-state index in [2.05, 4.69) is 0 Å². The minimum atomic E-state index is -1.03. The average molecular weight is 285 g/mol. The second kappa shape index (κ2) is 6.24. The third-order valence-electron chi connectivity index (χ3n) is 3.21. The molecule has 1 rings (SSSR count). The summed E-state index contributed by atoms with van der Waals surface area (Å²) in [5.74, 6) is -0.915. The van der Waals surface area contributed by atoms with E-state index in [0.29, 0.717) is 25.8 Å². The number of ether oxygens (including phenoxy) is 1. The number of ketones is 1. The van der Waals surface area contributed by atoms with E-state index in [1.165, 1.54) is 11.8 Å². The number of rotatable bonds is 4. The highest BCUT2D eigenvalue weighted by molar-refractivity contribution is 5.81. The molecule has 0 aromatic heterocycles. The highest BCUT2D eigenvalue weighted by Gasteiger charge is 2.41. The fourth-order valence-electron chi connectivity index (χ4n) is 2.30. The monoisotopic (exact) mass is 285 g/mol. The molecule has 1 N–H and O–H groups in total. The maximum Gasteiger partial charge on any atom is 0.411 e. The van der Waals surface area contributed by atoms with Gasteiger partial charge in [-0.25, -0.2) is 9.59 Å². The molecule has 1 fully saturated rings. The molecule has 2 atom stereocenters. The van der Waals surface area contributed by atoms with Crippen LogP contribution in [0.2, 0.25) is 0 Å². The predicted octanol–water partition coefficient (Wildman–Crippen LogP) is 2.07. The fourth-order valence-corrected chi connectivity index (χ4v) is 2.30. The Morgan fingerprint density at radius 2 is 1.90 bits per heavy atom. The number of carboxylic acid groups (broad SMARTS) is 1. The van der Waals surface area contributed by atoms with Crippen molar-refractivity contribution in [1.82, 2.24) is 4.90 Å². The van der Waals surface area contributed by atoms with Gasteiger partial charge in [-0.3, -0.25) is 4.90 Å². The Kier molecular flexibility index (Phi) is 5.14. The Morgan fingerprint density at radius 3 is 2.35 bits per heavy atom. The van der Waals surface area contributed by atoms with E-state index in [0.717, 1.165) is 0 Å². The van der Waals surface area contributed by atoms with Gasteiger partial charge in [-0.1, -0.05) is 0 Å². The Bertz CT molecular complexity index is 399. The number of amides is 1. The van der Waals surface area contributed by atoms with Crippen LogP contribution in [0.5, 0.6) is 0 Å². The van der Waals surface area contributed by atoms with E-state index >= 15 is 0 Å². The predicted molar refractivity (Wildman–Crippen MR) is 72.4 cm³/mol. The normalized spacial score (nSPS) is 22.7. The van der Waals surface area contributed by atoms with E-state index in [9.17, 15) is 19.5 Å². The molecule has 0 radical (unpaired) electrons. The van der Waals surface area contributed by atoms with Gasteiger partial charge >= 0.3 is 12.1 Å². The number of carboxylic acids is 1. The van der Waals surface area contributed by atoms with Crippen LogP contribution >= 0.6 is 0 Å². The highest BCUT2D eigenvalue weighted by Crippen LogP contribution is 2.28. The van der Waals surface area contributed by atoms with Gasteiger partial charge in [0.25, 0.3) is 0 Å². The summed E-state index contributed by atoms with van der Waals surface area (Å²) in [4.78, 5) is 35.5. The van der Waals surface area contributed by atoms with Gasteiger partial charge in [0.2, 0.25) is 0 Å². The first-order valence-corrected chi connectivity index (χ1v) is 6.82. The molecular weight excluding hydrogens is 262 g/mol. The summed E-state index contributed by atoms with van der Waals surface area (Å²) in [6.07, 6.45) is 0.801. The van der Waals surface area contributed by atoms with Gasteiger partial charge in [-0.05, 0) is 46.5 Å². The van der Waals surface area contributed by atoms with Gasteiger partial charge in [-0.2, -0.15) is 0 Å². The summed E-state index contributed by atoms with van der Waals surface area (Å²) in [5.41, 5.74) is -0.655. The smallest absolute Gasteiger partial charge is 0.411 e. The SMILES string of the molecule is CC(=O)CCC1CC(C(=O)O)N(C(=O)OC(C)(C)C)C1. The number of Topliss-reactive ketones (excluding diaryl/α,β-unsaturated/α-hetero) is 1. The number of hydrogen-bond donors (Lipinski definition) is 1. The second-order valence-electron chi connectivity index (χ2n) is 6.33. The minimum absolute atomic E-state index is 0.0347. The largest absolute Gasteiger partial charge is 0.480 e. The molecule has 0 bridgehead atoms. The zero-order valence-electron chi connectivity index (χ0n) is 12.5. The van der Waals surface area contributed by atoms with E-state index in [1.54, 1.807) is 20.8 Å². The maximum atomic E-state index is 12.0. The number of likely N-dealkylation sites (tertiary alicyclic amines) is 1. The van der Waals surface area contributed by atoms with Crippen LogP contribution in [0.15, 0.2) is 0 Å². The Labute approximate surface area is 119 Å². The van der Waals surface area contributed by atoms with Gasteiger partial charge < -0.3 is 14.6 Å². The molecule has 0 spiro atoms. The lowest BCUT2D eigenvalue weighted by Gasteiger charge is -2.26. The van der Waals surface area contributed by atoms with E-state index in [1.807, 2.05) is 0 Å². The standard InChI is InChI=1S/C14H23NO5/c1-9(16)5-6-10-7-11(12(17)18)15(8-10)13(19)20-14(2,3)4/h10-11H,5-8H2,1-4H3,(H,17,18). The first-order chi connectivity index (χ1) is 9.10. The highest BCUT2D eigenvalue weighted by atomic mass is 16.6. The molecule has 6 nitrogen and oxygen atoms in total. The lowest BCUT2D eigenvalue weighted by molar-refractivity contribution is -0.142. The third kappa shape index (κ3) is 4.83. The Morgan fingerprint density at radius 1 is 1.30 bits per heavy atom. The van der Waals surface area contributed by atoms with Crippen LogP contribution in [0.1, 0.15) is 47.0 Å². The topological polar surface area (TPSA) is 83.9 Å². The number of hydrogen-bond acceptors (Lipinski definition) is 4. The fraction of sp³-hybridized carbons (Fsp3) is 0.786. The van der Waals surface area contributed by atoms with Crippen molar-refractivity contribution in [3.8, 4) is 0 Å². The zero-order valence-corrected chi connectivity index (χ0v) is 12.5. The van der Waals surface area contributed by atoms with Crippen molar-refractivity contribution in [3.05, 3.63) is 0 Å². The summed E-state index contributed by atoms with van der Waals surface area (Å²) in [6.45, 7) is 7.06. The van der Waals surface area contributed by atoms with Gasteiger partial charge in [0.15, 0.2) is 0 Å². The molecule has 0 aromatic rings. The molecule has 114 valence electrons. The molecule has 1 saturated heterocycles. The van der Waals surface area contributed by atoms with Crippen molar-refractivity contribution < 1.29 is 24.2 Å². The summed E-state index contributed by atoms with van der Waals surface area (Å²) in [6, 6.07) is -0.859. The van der Waals surface area contributed by atoms with Crippen LogP contribution in [0, 0.1) is 5.92 Å². The van der Waals surface area contributed by atoms with E-state index < -0.39 is 23.7 Å². The number of carbonyl (C=O) groups is 3. The van der Waals surface area contributed by atoms with Gasteiger partial charge in [0.1, 0.15) is 17.4 Å². The first kappa shape index (κ1) is 16.5. The first-order valence-electron chi connectivity index (χ1n) is 6.82. The van der Waals surface area contributed by atoms with Crippen molar-refractivity contribution in [3.63, 3.8) is 0 Å². The van der Waals surface area contributed by atoms with Gasteiger partial charge in [-0.15, -0.1) is 0 Å². The number of carbonyl (C=O) groups excluding carboxylic acids is 2.